The Morgan fingerprint density at radius 1 is 1.00 bits per heavy atom. The Labute approximate surface area is 156 Å². The lowest BCUT2D eigenvalue weighted by Crippen LogP contribution is -2.31. The molecule has 2 aliphatic heterocycles. The fourth-order valence-corrected chi connectivity index (χ4v) is 2.94. The number of anilines is 2. The first-order chi connectivity index (χ1) is 13.3. The lowest BCUT2D eigenvalue weighted by molar-refractivity contribution is -0.137. The second-order valence-electron chi connectivity index (χ2n) is 6.07. The van der Waals surface area contributed by atoms with Gasteiger partial charge in [0, 0.05) is 11.3 Å². The van der Waals surface area contributed by atoms with Gasteiger partial charge in [-0.1, -0.05) is 24.3 Å². The van der Waals surface area contributed by atoms with Crippen LogP contribution in [-0.4, -0.2) is 35.1 Å². The van der Waals surface area contributed by atoms with Gasteiger partial charge in [-0.15, -0.1) is 5.01 Å². The summed E-state index contributed by atoms with van der Waals surface area (Å²) in [6, 6.07) is 9.73. The minimum Gasteiger partial charge on any atom is -0.320 e. The molecule has 0 aromatic heterocycles. The molecule has 0 saturated carbocycles. The number of carbonyl (C=O) groups is 3. The zero-order valence-corrected chi connectivity index (χ0v) is 14.0. The number of benzene rings is 2. The van der Waals surface area contributed by atoms with Crippen LogP contribution < -0.4 is 10.2 Å². The number of nitrogens with one attached hydrogen (secondary N) is 1. The number of halogens is 3. The number of hydrogen-bond donors (Lipinski definition) is 1. The van der Waals surface area contributed by atoms with Crippen molar-refractivity contribution >= 4 is 34.9 Å². The van der Waals surface area contributed by atoms with Gasteiger partial charge >= 0.3 is 12.2 Å². The van der Waals surface area contributed by atoms with Crippen LogP contribution in [0.1, 0.15) is 11.1 Å². The van der Waals surface area contributed by atoms with Gasteiger partial charge in [-0.25, -0.2) is 4.79 Å². The molecule has 0 atom stereocenters. The van der Waals surface area contributed by atoms with Gasteiger partial charge in [-0.2, -0.15) is 18.3 Å². The molecule has 2 aliphatic rings. The third-order valence-corrected chi connectivity index (χ3v) is 4.27. The third kappa shape index (κ3) is 2.88. The van der Waals surface area contributed by atoms with Crippen LogP contribution in [0.25, 0.3) is 0 Å². The van der Waals surface area contributed by atoms with Gasteiger partial charge in [-0.05, 0) is 24.3 Å². The average molecular weight is 388 g/mol. The molecule has 1 fully saturated rings. The van der Waals surface area contributed by atoms with E-state index >= 15 is 0 Å². The summed E-state index contributed by atoms with van der Waals surface area (Å²) in [4.78, 5) is 37.8. The Morgan fingerprint density at radius 3 is 2.50 bits per heavy atom. The first-order valence-corrected chi connectivity index (χ1v) is 8.07. The molecule has 0 spiro atoms. The van der Waals surface area contributed by atoms with Gasteiger partial charge in [0.25, 0.3) is 11.8 Å². The highest BCUT2D eigenvalue weighted by Crippen LogP contribution is 2.33. The van der Waals surface area contributed by atoms with Gasteiger partial charge < -0.3 is 5.32 Å². The molecule has 0 bridgehead atoms. The number of urea groups is 1. The highest BCUT2D eigenvalue weighted by molar-refractivity contribution is 6.54. The molecule has 0 aliphatic carbocycles. The number of fused-ring (bicyclic) bond motifs is 1. The van der Waals surface area contributed by atoms with Gasteiger partial charge in [-0.3, -0.25) is 14.5 Å². The van der Waals surface area contributed by atoms with E-state index in [4.69, 9.17) is 0 Å². The van der Waals surface area contributed by atoms with E-state index in [1.54, 1.807) is 24.3 Å². The first-order valence-electron chi connectivity index (χ1n) is 8.07. The molecule has 28 heavy (non-hydrogen) atoms. The van der Waals surface area contributed by atoms with Crippen LogP contribution in [0, 0.1) is 0 Å². The summed E-state index contributed by atoms with van der Waals surface area (Å²) in [7, 11) is 0. The summed E-state index contributed by atoms with van der Waals surface area (Å²) in [5.41, 5.74) is -0.250. The zero-order chi connectivity index (χ0) is 20.1. The summed E-state index contributed by atoms with van der Waals surface area (Å²) >= 11 is 0. The minimum atomic E-state index is -4.59. The fraction of sp³-hybridized carbons (Fsp3) is 0.111. The zero-order valence-electron chi connectivity index (χ0n) is 14.0. The van der Waals surface area contributed by atoms with Crippen LogP contribution in [0.5, 0.6) is 0 Å². The summed E-state index contributed by atoms with van der Waals surface area (Å²) in [5.74, 6) is -1.34. The van der Waals surface area contributed by atoms with Crippen LogP contribution in [-0.2, 0) is 15.8 Å². The Balaban J connectivity index is 1.67. The molecule has 7 nitrogen and oxygen atoms in total. The van der Waals surface area contributed by atoms with Crippen LogP contribution in [0.15, 0.2) is 53.6 Å². The van der Waals surface area contributed by atoms with E-state index in [0.717, 1.165) is 23.1 Å². The van der Waals surface area contributed by atoms with Gasteiger partial charge in [0.15, 0.2) is 5.71 Å². The summed E-state index contributed by atoms with van der Waals surface area (Å²) < 4.78 is 38.7. The number of para-hydroxylation sites is 1. The molecule has 142 valence electrons. The van der Waals surface area contributed by atoms with Crippen molar-refractivity contribution in [2.75, 3.05) is 16.8 Å². The quantitative estimate of drug-likeness (QED) is 0.804. The van der Waals surface area contributed by atoms with Crippen molar-refractivity contribution in [1.82, 2.24) is 5.01 Å². The van der Waals surface area contributed by atoms with E-state index in [0.29, 0.717) is 16.3 Å². The lowest BCUT2D eigenvalue weighted by Gasteiger charge is -2.16. The number of hydrazone groups is 1. The highest BCUT2D eigenvalue weighted by Gasteiger charge is 2.40. The SMILES string of the molecule is O=C1Nc2ccccc2/C1=N/N1C(=O)CN(c2cccc(C(F)(F)F)c2)C1=O. The smallest absolute Gasteiger partial charge is 0.320 e. The molecule has 10 heteroatoms. The van der Waals surface area contributed by atoms with Crippen molar-refractivity contribution in [1.29, 1.82) is 0 Å². The second kappa shape index (κ2) is 6.19. The molecule has 0 unspecified atom stereocenters. The molecule has 1 saturated heterocycles. The standard InChI is InChI=1S/C18H11F3N4O3/c19-18(20,21)10-4-3-5-11(8-10)24-9-14(26)25(17(24)28)23-15-12-6-1-2-7-13(12)22-16(15)27/h1-8H,9H2,(H,22,23,27). The Morgan fingerprint density at radius 2 is 1.75 bits per heavy atom. The van der Waals surface area contributed by atoms with E-state index < -0.39 is 36.1 Å². The van der Waals surface area contributed by atoms with Crippen molar-refractivity contribution in [2.24, 2.45) is 5.10 Å². The van der Waals surface area contributed by atoms with E-state index in [2.05, 4.69) is 10.4 Å². The molecule has 0 radical (unpaired) electrons. The van der Waals surface area contributed by atoms with Crippen molar-refractivity contribution in [2.45, 2.75) is 6.18 Å². The summed E-state index contributed by atoms with van der Waals surface area (Å²) in [6.45, 7) is -0.486. The molecule has 4 amide bonds. The Hall–Kier alpha value is -3.69. The number of amides is 4. The summed E-state index contributed by atoms with van der Waals surface area (Å²) in [5, 5.41) is 6.94. The minimum absolute atomic E-state index is 0.0906. The topological polar surface area (TPSA) is 82.1 Å². The molecular formula is C18H11F3N4O3. The monoisotopic (exact) mass is 388 g/mol. The largest absolute Gasteiger partial charge is 0.416 e. The van der Waals surface area contributed by atoms with Crippen molar-refractivity contribution < 1.29 is 27.6 Å². The molecule has 1 N–H and O–H groups in total. The normalized spacial score (nSPS) is 18.1. The average Bonchev–Trinajstić information content (AvgIpc) is 3.12. The Bertz CT molecular complexity index is 1050. The molecule has 4 rings (SSSR count). The van der Waals surface area contributed by atoms with Crippen molar-refractivity contribution in [3.8, 4) is 0 Å². The molecule has 2 aromatic rings. The third-order valence-electron chi connectivity index (χ3n) is 4.27. The van der Waals surface area contributed by atoms with E-state index in [1.165, 1.54) is 6.07 Å². The van der Waals surface area contributed by atoms with Crippen molar-refractivity contribution in [3.63, 3.8) is 0 Å². The second-order valence-corrected chi connectivity index (χ2v) is 6.07. The fourth-order valence-electron chi connectivity index (χ4n) is 2.94. The number of imide groups is 1. The molecular weight excluding hydrogens is 377 g/mol. The van der Waals surface area contributed by atoms with Crippen LogP contribution in [0.4, 0.5) is 29.3 Å². The maximum atomic E-state index is 12.9. The number of alkyl halides is 3. The van der Waals surface area contributed by atoms with Gasteiger partial charge in [0.1, 0.15) is 6.54 Å². The van der Waals surface area contributed by atoms with Gasteiger partial charge in [0.2, 0.25) is 0 Å². The van der Waals surface area contributed by atoms with E-state index in [-0.39, 0.29) is 11.4 Å². The predicted octanol–water partition coefficient (Wildman–Crippen LogP) is 2.83. The number of nitrogens with zero attached hydrogens (tertiary/aromatic N) is 3. The van der Waals surface area contributed by atoms with E-state index in [9.17, 15) is 27.6 Å². The lowest BCUT2D eigenvalue weighted by atomic mass is 10.1. The summed E-state index contributed by atoms with van der Waals surface area (Å²) in [6.07, 6.45) is -4.59. The number of rotatable bonds is 2. The number of hydrogen-bond acceptors (Lipinski definition) is 4. The maximum Gasteiger partial charge on any atom is 0.416 e. The van der Waals surface area contributed by atoms with E-state index in [1.807, 2.05) is 0 Å². The van der Waals surface area contributed by atoms with Crippen LogP contribution >= 0.6 is 0 Å². The van der Waals surface area contributed by atoms with Gasteiger partial charge in [0.05, 0.1) is 11.3 Å². The Kier molecular flexibility index (Phi) is 3.91. The molecule has 2 aromatic carbocycles. The first kappa shape index (κ1) is 17.7. The highest BCUT2D eigenvalue weighted by atomic mass is 19.4. The predicted molar refractivity (Wildman–Crippen MR) is 92.6 cm³/mol. The molecule has 2 heterocycles. The van der Waals surface area contributed by atoms with Crippen molar-refractivity contribution in [3.05, 3.63) is 59.7 Å². The van der Waals surface area contributed by atoms with Crippen LogP contribution in [0.3, 0.4) is 0 Å². The number of carbonyl (C=O) groups excluding carboxylic acids is 3. The van der Waals surface area contributed by atoms with Crippen LogP contribution in [0.2, 0.25) is 0 Å². The maximum absolute atomic E-state index is 12.9.